The van der Waals surface area contributed by atoms with E-state index in [9.17, 15) is 0 Å². The van der Waals surface area contributed by atoms with E-state index in [0.717, 1.165) is 40.4 Å². The third-order valence-electron chi connectivity index (χ3n) is 5.92. The predicted octanol–water partition coefficient (Wildman–Crippen LogP) is 2.90. The highest BCUT2D eigenvalue weighted by Crippen LogP contribution is 2.42. The van der Waals surface area contributed by atoms with Crippen molar-refractivity contribution >= 4 is 43.4 Å². The third kappa shape index (κ3) is 3.33. The molecule has 7 nitrogen and oxygen atoms in total. The molecule has 0 unspecified atom stereocenters. The standard InChI is InChI=1S/C21H27N5O2S/c1-21(2)10-13-14(11-28-21)19(26-7-3-4-8-26)25-20-15(13)16-17(29-20)18(24-12-23-16)22-6-5-9-27/h12,27H,3-11H2,1-2H3,(H,22,23,24)/p+1. The number of aromatic nitrogens is 3. The van der Waals surface area contributed by atoms with E-state index in [-0.39, 0.29) is 12.2 Å². The van der Waals surface area contributed by atoms with Gasteiger partial charge in [0.25, 0.3) is 5.82 Å². The highest BCUT2D eigenvalue weighted by atomic mass is 32.1. The molecular formula is C21H28N5O2S+. The van der Waals surface area contributed by atoms with Crippen molar-refractivity contribution in [2.45, 2.75) is 51.7 Å². The Bertz CT molecular complexity index is 1060. The summed E-state index contributed by atoms with van der Waals surface area (Å²) >= 11 is 1.72. The highest BCUT2D eigenvalue weighted by molar-refractivity contribution is 7.25. The Morgan fingerprint density at radius 3 is 2.90 bits per heavy atom. The van der Waals surface area contributed by atoms with Crippen molar-refractivity contribution in [2.75, 3.05) is 36.5 Å². The third-order valence-corrected chi connectivity index (χ3v) is 7.02. The molecule has 3 aromatic heterocycles. The molecule has 0 radical (unpaired) electrons. The van der Waals surface area contributed by atoms with Gasteiger partial charge < -0.3 is 15.2 Å². The molecular weight excluding hydrogens is 386 g/mol. The van der Waals surface area contributed by atoms with Gasteiger partial charge in [-0.15, -0.1) is 0 Å². The van der Waals surface area contributed by atoms with Gasteiger partial charge in [-0.1, -0.05) is 11.3 Å². The van der Waals surface area contributed by atoms with Gasteiger partial charge in [-0.25, -0.2) is 15.0 Å². The fraction of sp³-hybridized carbons (Fsp3) is 0.571. The molecule has 0 atom stereocenters. The molecule has 29 heavy (non-hydrogen) atoms. The molecule has 2 aliphatic rings. The van der Waals surface area contributed by atoms with Gasteiger partial charge in [0.05, 0.1) is 41.8 Å². The number of hydrogen-bond donors (Lipinski definition) is 2. The molecule has 0 saturated carbocycles. The Balaban J connectivity index is 1.72. The van der Waals surface area contributed by atoms with Crippen LogP contribution in [0.2, 0.25) is 0 Å². The number of H-pyrrole nitrogens is 1. The summed E-state index contributed by atoms with van der Waals surface area (Å²) in [6.45, 7) is 8.01. The van der Waals surface area contributed by atoms with Crippen LogP contribution in [-0.2, 0) is 17.8 Å². The Kier molecular flexibility index (Phi) is 4.80. The van der Waals surface area contributed by atoms with Crippen LogP contribution >= 0.6 is 11.3 Å². The predicted molar refractivity (Wildman–Crippen MR) is 116 cm³/mol. The maximum absolute atomic E-state index is 9.10. The van der Waals surface area contributed by atoms with Crippen LogP contribution in [-0.4, -0.2) is 46.9 Å². The number of thiophene rings is 1. The van der Waals surface area contributed by atoms with Gasteiger partial charge in [-0.05, 0) is 38.7 Å². The SMILES string of the molecule is CC1(C)Cc2c(c(N3CCCC3)[nH+]c3sc4c(NCCCO)ncnc4c23)CO1. The second kappa shape index (κ2) is 7.34. The van der Waals surface area contributed by atoms with Crippen LogP contribution in [0, 0.1) is 0 Å². The largest absolute Gasteiger partial charge is 0.396 e. The Morgan fingerprint density at radius 2 is 2.10 bits per heavy atom. The van der Waals surface area contributed by atoms with E-state index in [1.165, 1.54) is 35.2 Å². The first-order valence-electron chi connectivity index (χ1n) is 10.5. The van der Waals surface area contributed by atoms with Crippen molar-refractivity contribution in [3.05, 3.63) is 17.5 Å². The molecule has 2 aliphatic heterocycles. The highest BCUT2D eigenvalue weighted by Gasteiger charge is 2.36. The lowest BCUT2D eigenvalue weighted by atomic mass is 9.90. The fourth-order valence-electron chi connectivity index (χ4n) is 4.47. The normalized spacial score (nSPS) is 18.5. The number of aliphatic hydroxyl groups is 1. The van der Waals surface area contributed by atoms with E-state index < -0.39 is 0 Å². The number of ether oxygens (including phenoxy) is 1. The molecule has 1 fully saturated rings. The quantitative estimate of drug-likeness (QED) is 0.625. The van der Waals surface area contributed by atoms with Gasteiger partial charge in [0.1, 0.15) is 16.8 Å². The van der Waals surface area contributed by atoms with Gasteiger partial charge >= 0.3 is 0 Å². The van der Waals surface area contributed by atoms with Crippen LogP contribution in [0.3, 0.4) is 0 Å². The minimum atomic E-state index is -0.187. The molecule has 0 amide bonds. The number of aliphatic hydroxyl groups excluding tert-OH is 1. The maximum Gasteiger partial charge on any atom is 0.281 e. The number of nitrogens with one attached hydrogen (secondary N) is 2. The zero-order valence-electron chi connectivity index (χ0n) is 17.0. The number of rotatable bonds is 5. The summed E-state index contributed by atoms with van der Waals surface area (Å²) in [5.41, 5.74) is 3.47. The van der Waals surface area contributed by atoms with Crippen molar-refractivity contribution in [1.29, 1.82) is 0 Å². The molecule has 0 aliphatic carbocycles. The van der Waals surface area contributed by atoms with Crippen molar-refractivity contribution in [1.82, 2.24) is 9.97 Å². The summed E-state index contributed by atoms with van der Waals surface area (Å²) in [6.07, 6.45) is 5.69. The second-order valence-corrected chi connectivity index (χ2v) is 9.58. The van der Waals surface area contributed by atoms with Gasteiger partial charge in [-0.2, -0.15) is 0 Å². The van der Waals surface area contributed by atoms with E-state index in [0.29, 0.717) is 19.6 Å². The lowest BCUT2D eigenvalue weighted by molar-refractivity contribution is -0.328. The second-order valence-electron chi connectivity index (χ2n) is 8.56. The average Bonchev–Trinajstić information content (AvgIpc) is 3.35. The minimum absolute atomic E-state index is 0.170. The van der Waals surface area contributed by atoms with E-state index in [4.69, 9.17) is 9.84 Å². The molecule has 154 valence electrons. The number of pyridine rings is 1. The number of anilines is 2. The molecule has 5 rings (SSSR count). The van der Waals surface area contributed by atoms with Crippen LogP contribution in [0.4, 0.5) is 11.6 Å². The first-order chi connectivity index (χ1) is 14.1. The van der Waals surface area contributed by atoms with Crippen molar-refractivity contribution in [3.8, 4) is 0 Å². The van der Waals surface area contributed by atoms with E-state index in [1.54, 1.807) is 17.7 Å². The number of fused-ring (bicyclic) bond motifs is 5. The van der Waals surface area contributed by atoms with Gasteiger partial charge in [0, 0.05) is 19.6 Å². The zero-order chi connectivity index (χ0) is 20.0. The monoisotopic (exact) mass is 414 g/mol. The van der Waals surface area contributed by atoms with Crippen LogP contribution in [0.25, 0.3) is 20.4 Å². The summed E-state index contributed by atoms with van der Waals surface area (Å²) < 4.78 is 7.28. The van der Waals surface area contributed by atoms with Crippen LogP contribution in [0.1, 0.15) is 44.2 Å². The van der Waals surface area contributed by atoms with Gasteiger partial charge in [-0.3, -0.25) is 4.90 Å². The lowest BCUT2D eigenvalue weighted by Crippen LogP contribution is -2.36. The van der Waals surface area contributed by atoms with Crippen LogP contribution in [0.15, 0.2) is 6.33 Å². The number of aromatic amines is 1. The molecule has 5 heterocycles. The van der Waals surface area contributed by atoms with E-state index >= 15 is 0 Å². The first-order valence-corrected chi connectivity index (χ1v) is 11.3. The summed E-state index contributed by atoms with van der Waals surface area (Å²) in [6, 6.07) is 0. The van der Waals surface area contributed by atoms with Crippen molar-refractivity contribution < 1.29 is 14.8 Å². The van der Waals surface area contributed by atoms with Gasteiger partial charge in [0.2, 0.25) is 0 Å². The molecule has 0 spiro atoms. The Morgan fingerprint density at radius 1 is 1.28 bits per heavy atom. The lowest BCUT2D eigenvalue weighted by Gasteiger charge is -2.32. The summed E-state index contributed by atoms with van der Waals surface area (Å²) in [5.74, 6) is 2.07. The molecule has 0 aromatic carbocycles. The molecule has 0 bridgehead atoms. The number of nitrogens with zero attached hydrogens (tertiary/aromatic N) is 3. The summed E-state index contributed by atoms with van der Waals surface area (Å²) in [7, 11) is 0. The first kappa shape index (κ1) is 19.0. The zero-order valence-corrected chi connectivity index (χ0v) is 17.9. The smallest absolute Gasteiger partial charge is 0.281 e. The molecule has 3 aromatic rings. The molecule has 3 N–H and O–H groups in total. The Hall–Kier alpha value is -2.03. The van der Waals surface area contributed by atoms with Crippen molar-refractivity contribution in [2.24, 2.45) is 0 Å². The Labute approximate surface area is 174 Å². The fourth-order valence-corrected chi connectivity index (χ4v) is 5.62. The van der Waals surface area contributed by atoms with Crippen LogP contribution in [0.5, 0.6) is 0 Å². The van der Waals surface area contributed by atoms with Crippen molar-refractivity contribution in [3.63, 3.8) is 0 Å². The maximum atomic E-state index is 9.10. The van der Waals surface area contributed by atoms with E-state index in [1.807, 2.05) is 0 Å². The summed E-state index contributed by atoms with van der Waals surface area (Å²) in [4.78, 5) is 16.5. The topological polar surface area (TPSA) is 84.7 Å². The minimum Gasteiger partial charge on any atom is -0.396 e. The summed E-state index contributed by atoms with van der Waals surface area (Å²) in [5, 5.41) is 13.7. The van der Waals surface area contributed by atoms with Crippen LogP contribution < -0.4 is 15.2 Å². The van der Waals surface area contributed by atoms with E-state index in [2.05, 4.69) is 39.0 Å². The number of hydrogen-bond acceptors (Lipinski definition) is 7. The molecule has 1 saturated heterocycles. The molecule has 8 heteroatoms. The van der Waals surface area contributed by atoms with Gasteiger partial charge in [0.15, 0.2) is 4.83 Å². The average molecular weight is 415 g/mol.